The van der Waals surface area contributed by atoms with Gasteiger partial charge in [0.05, 0.1) is 5.92 Å². The fraction of sp³-hybridized carbons (Fsp3) is 0.316. The zero-order chi connectivity index (χ0) is 15.9. The summed E-state index contributed by atoms with van der Waals surface area (Å²) in [5.74, 6) is -0.296. The Morgan fingerprint density at radius 2 is 1.73 bits per heavy atom. The van der Waals surface area contributed by atoms with Crippen molar-refractivity contribution in [1.29, 1.82) is 0 Å². The molecule has 0 saturated heterocycles. The van der Waals surface area contributed by atoms with Crippen LogP contribution in [0.25, 0.3) is 0 Å². The van der Waals surface area contributed by atoms with Crippen LogP contribution in [-0.2, 0) is 11.2 Å². The number of amides is 1. The standard InChI is InChI=1S/C19H24N2O/c1-14-8-6-7-11-17(14)12-15(2)21-19(22)18(13-20)16-9-4-3-5-10-16/h3-11,15,18H,12-13,20H2,1-2H3,(H,21,22). The van der Waals surface area contributed by atoms with Crippen molar-refractivity contribution in [2.75, 3.05) is 6.54 Å². The van der Waals surface area contributed by atoms with E-state index >= 15 is 0 Å². The number of benzene rings is 2. The molecule has 0 fully saturated rings. The number of carbonyl (C=O) groups excluding carboxylic acids is 1. The van der Waals surface area contributed by atoms with Crippen LogP contribution in [0.3, 0.4) is 0 Å². The maximum Gasteiger partial charge on any atom is 0.229 e. The van der Waals surface area contributed by atoms with Crippen LogP contribution in [0.15, 0.2) is 54.6 Å². The quantitative estimate of drug-likeness (QED) is 0.861. The monoisotopic (exact) mass is 296 g/mol. The fourth-order valence-corrected chi connectivity index (χ4v) is 2.64. The molecule has 2 rings (SSSR count). The summed E-state index contributed by atoms with van der Waals surface area (Å²) in [7, 11) is 0. The highest BCUT2D eigenvalue weighted by Gasteiger charge is 2.20. The predicted molar refractivity (Wildman–Crippen MR) is 90.7 cm³/mol. The zero-order valence-corrected chi connectivity index (χ0v) is 13.3. The summed E-state index contributed by atoms with van der Waals surface area (Å²) < 4.78 is 0. The predicted octanol–water partition coefficient (Wildman–Crippen LogP) is 2.78. The number of nitrogens with two attached hydrogens (primary N) is 1. The van der Waals surface area contributed by atoms with E-state index in [1.54, 1.807) is 0 Å². The molecule has 0 bridgehead atoms. The summed E-state index contributed by atoms with van der Waals surface area (Å²) >= 11 is 0. The largest absolute Gasteiger partial charge is 0.353 e. The number of hydrogen-bond acceptors (Lipinski definition) is 2. The van der Waals surface area contributed by atoms with Crippen molar-refractivity contribution in [2.45, 2.75) is 32.2 Å². The highest BCUT2D eigenvalue weighted by atomic mass is 16.1. The molecule has 0 aliphatic rings. The molecule has 2 aromatic carbocycles. The van der Waals surface area contributed by atoms with Gasteiger partial charge in [0.2, 0.25) is 5.91 Å². The van der Waals surface area contributed by atoms with Gasteiger partial charge in [-0.3, -0.25) is 4.79 Å². The molecule has 2 aromatic rings. The van der Waals surface area contributed by atoms with Crippen LogP contribution in [-0.4, -0.2) is 18.5 Å². The maximum atomic E-state index is 12.5. The van der Waals surface area contributed by atoms with E-state index in [2.05, 4.69) is 24.4 Å². The van der Waals surface area contributed by atoms with Crippen LogP contribution in [0, 0.1) is 6.92 Å². The third kappa shape index (κ3) is 4.18. The average molecular weight is 296 g/mol. The Bertz CT molecular complexity index is 610. The molecule has 1 amide bonds. The maximum absolute atomic E-state index is 12.5. The highest BCUT2D eigenvalue weighted by molar-refractivity contribution is 5.84. The van der Waals surface area contributed by atoms with Crippen molar-refractivity contribution in [2.24, 2.45) is 5.73 Å². The second-order valence-corrected chi connectivity index (χ2v) is 5.74. The molecule has 3 N–H and O–H groups in total. The zero-order valence-electron chi connectivity index (χ0n) is 13.3. The van der Waals surface area contributed by atoms with Crippen molar-refractivity contribution >= 4 is 5.91 Å². The second kappa shape index (κ2) is 7.76. The minimum absolute atomic E-state index is 0.00483. The molecular weight excluding hydrogens is 272 g/mol. The van der Waals surface area contributed by atoms with Crippen molar-refractivity contribution in [3.05, 3.63) is 71.3 Å². The molecular formula is C19H24N2O. The number of rotatable bonds is 6. The number of nitrogens with one attached hydrogen (secondary N) is 1. The summed E-state index contributed by atoms with van der Waals surface area (Å²) in [6.07, 6.45) is 0.824. The van der Waals surface area contributed by atoms with Gasteiger partial charge in [-0.05, 0) is 37.0 Å². The number of aryl methyl sites for hydroxylation is 1. The third-order valence-electron chi connectivity index (χ3n) is 3.93. The summed E-state index contributed by atoms with van der Waals surface area (Å²) in [6.45, 7) is 4.44. The van der Waals surface area contributed by atoms with E-state index in [-0.39, 0.29) is 17.9 Å². The van der Waals surface area contributed by atoms with Crippen molar-refractivity contribution < 1.29 is 4.79 Å². The summed E-state index contributed by atoms with van der Waals surface area (Å²) in [5, 5.41) is 3.09. The Balaban J connectivity index is 2.00. The first kappa shape index (κ1) is 16.2. The van der Waals surface area contributed by atoms with E-state index in [0.29, 0.717) is 6.54 Å². The highest BCUT2D eigenvalue weighted by Crippen LogP contribution is 2.15. The lowest BCUT2D eigenvalue weighted by Gasteiger charge is -2.20. The van der Waals surface area contributed by atoms with Crippen LogP contribution < -0.4 is 11.1 Å². The molecule has 0 radical (unpaired) electrons. The van der Waals surface area contributed by atoms with E-state index < -0.39 is 0 Å². The molecule has 0 heterocycles. The lowest BCUT2D eigenvalue weighted by molar-refractivity contribution is -0.122. The Hall–Kier alpha value is -2.13. The Labute approximate surface area is 132 Å². The molecule has 0 spiro atoms. The Morgan fingerprint density at radius 3 is 2.36 bits per heavy atom. The lowest BCUT2D eigenvalue weighted by atomic mass is 9.97. The number of hydrogen-bond donors (Lipinski definition) is 2. The van der Waals surface area contributed by atoms with Gasteiger partial charge < -0.3 is 11.1 Å². The molecule has 0 aliphatic heterocycles. The van der Waals surface area contributed by atoms with Crippen molar-refractivity contribution in [3.63, 3.8) is 0 Å². The molecule has 3 heteroatoms. The van der Waals surface area contributed by atoms with Gasteiger partial charge >= 0.3 is 0 Å². The molecule has 2 atom stereocenters. The van der Waals surface area contributed by atoms with Crippen LogP contribution in [0.2, 0.25) is 0 Å². The topological polar surface area (TPSA) is 55.1 Å². The first-order chi connectivity index (χ1) is 10.6. The normalized spacial score (nSPS) is 13.4. The smallest absolute Gasteiger partial charge is 0.229 e. The molecule has 0 aliphatic carbocycles. The van der Waals surface area contributed by atoms with Gasteiger partial charge in [0.15, 0.2) is 0 Å². The van der Waals surface area contributed by atoms with E-state index in [4.69, 9.17) is 5.73 Å². The molecule has 116 valence electrons. The fourth-order valence-electron chi connectivity index (χ4n) is 2.64. The van der Waals surface area contributed by atoms with Gasteiger partial charge in [0, 0.05) is 12.6 Å². The van der Waals surface area contributed by atoms with Gasteiger partial charge in [0.25, 0.3) is 0 Å². The number of carbonyl (C=O) groups is 1. The Morgan fingerprint density at radius 1 is 1.09 bits per heavy atom. The van der Waals surface area contributed by atoms with Crippen LogP contribution >= 0.6 is 0 Å². The van der Waals surface area contributed by atoms with E-state index in [9.17, 15) is 4.79 Å². The Kier molecular flexibility index (Phi) is 5.73. The van der Waals surface area contributed by atoms with Gasteiger partial charge in [-0.25, -0.2) is 0 Å². The van der Waals surface area contributed by atoms with Crippen molar-refractivity contribution in [3.8, 4) is 0 Å². The first-order valence-electron chi connectivity index (χ1n) is 7.71. The summed E-state index contributed by atoms with van der Waals surface area (Å²) in [4.78, 5) is 12.5. The van der Waals surface area contributed by atoms with E-state index in [1.165, 1.54) is 11.1 Å². The molecule has 0 aromatic heterocycles. The third-order valence-corrected chi connectivity index (χ3v) is 3.93. The van der Waals surface area contributed by atoms with E-state index in [1.807, 2.05) is 49.4 Å². The van der Waals surface area contributed by atoms with Gasteiger partial charge in [0.1, 0.15) is 0 Å². The van der Waals surface area contributed by atoms with Crippen LogP contribution in [0.4, 0.5) is 0 Å². The second-order valence-electron chi connectivity index (χ2n) is 5.74. The van der Waals surface area contributed by atoms with Crippen LogP contribution in [0.1, 0.15) is 29.5 Å². The molecule has 2 unspecified atom stereocenters. The minimum Gasteiger partial charge on any atom is -0.353 e. The minimum atomic E-state index is -0.291. The van der Waals surface area contributed by atoms with Gasteiger partial charge in [-0.15, -0.1) is 0 Å². The van der Waals surface area contributed by atoms with E-state index in [0.717, 1.165) is 12.0 Å². The van der Waals surface area contributed by atoms with Gasteiger partial charge in [-0.2, -0.15) is 0 Å². The van der Waals surface area contributed by atoms with Gasteiger partial charge in [-0.1, -0.05) is 54.6 Å². The SMILES string of the molecule is Cc1ccccc1CC(C)NC(=O)C(CN)c1ccccc1. The van der Waals surface area contributed by atoms with Crippen LogP contribution in [0.5, 0.6) is 0 Å². The van der Waals surface area contributed by atoms with Crippen molar-refractivity contribution in [1.82, 2.24) is 5.32 Å². The molecule has 3 nitrogen and oxygen atoms in total. The average Bonchev–Trinajstić information content (AvgIpc) is 2.51. The summed E-state index contributed by atoms with van der Waals surface area (Å²) in [6, 6.07) is 18.0. The first-order valence-corrected chi connectivity index (χ1v) is 7.71. The lowest BCUT2D eigenvalue weighted by Crippen LogP contribution is -2.39. The molecule has 22 heavy (non-hydrogen) atoms. The molecule has 0 saturated carbocycles. The summed E-state index contributed by atoms with van der Waals surface area (Å²) in [5.41, 5.74) is 9.28.